The number of rotatable bonds is 3. The highest BCUT2D eigenvalue weighted by Gasteiger charge is 2.18. The molecule has 0 spiro atoms. The number of carbonyl (C=O) groups excluding carboxylic acids is 2. The Morgan fingerprint density at radius 3 is 2.46 bits per heavy atom. The monoisotopic (exact) mass is 389 g/mol. The van der Waals surface area contributed by atoms with Crippen LogP contribution in [0.2, 0.25) is 0 Å². The molecule has 0 aliphatic carbocycles. The molecule has 0 unspecified atom stereocenters. The molecular weight excluding hydrogens is 374 g/mol. The lowest BCUT2D eigenvalue weighted by Gasteiger charge is -2.26. The number of nitrogens with zero attached hydrogens (tertiary/aromatic N) is 2. The summed E-state index contributed by atoms with van der Waals surface area (Å²) in [6, 6.07) is 8.56. The molecule has 1 saturated heterocycles. The lowest BCUT2D eigenvalue weighted by molar-refractivity contribution is 0.0303. The Morgan fingerprint density at radius 1 is 1.08 bits per heavy atom. The maximum Gasteiger partial charge on any atom is 0.257 e. The fourth-order valence-corrected chi connectivity index (χ4v) is 2.75. The highest BCUT2D eigenvalue weighted by molar-refractivity contribution is 9.10. The van der Waals surface area contributed by atoms with E-state index >= 15 is 0 Å². The summed E-state index contributed by atoms with van der Waals surface area (Å²) >= 11 is 3.29. The largest absolute Gasteiger partial charge is 0.378 e. The minimum atomic E-state index is -0.254. The first-order valence-corrected chi connectivity index (χ1v) is 8.32. The van der Waals surface area contributed by atoms with Crippen LogP contribution in [0.1, 0.15) is 20.7 Å². The molecular formula is C17H16BrN3O3. The van der Waals surface area contributed by atoms with Crippen LogP contribution in [0, 0.1) is 0 Å². The van der Waals surface area contributed by atoms with E-state index in [1.54, 1.807) is 41.4 Å². The van der Waals surface area contributed by atoms with Crippen LogP contribution < -0.4 is 5.32 Å². The third-order valence-corrected chi connectivity index (χ3v) is 4.09. The maximum atomic E-state index is 12.4. The van der Waals surface area contributed by atoms with Crippen LogP contribution in [-0.2, 0) is 4.74 Å². The van der Waals surface area contributed by atoms with Gasteiger partial charge in [0.25, 0.3) is 11.8 Å². The van der Waals surface area contributed by atoms with E-state index in [0.29, 0.717) is 43.1 Å². The Bertz CT molecular complexity index is 743. The summed E-state index contributed by atoms with van der Waals surface area (Å²) in [4.78, 5) is 30.3. The quantitative estimate of drug-likeness (QED) is 0.875. The van der Waals surface area contributed by atoms with E-state index in [4.69, 9.17) is 4.74 Å². The number of carbonyl (C=O) groups is 2. The number of nitrogens with one attached hydrogen (secondary N) is 1. The van der Waals surface area contributed by atoms with E-state index in [1.165, 1.54) is 6.20 Å². The maximum absolute atomic E-state index is 12.4. The molecule has 1 aromatic carbocycles. The minimum Gasteiger partial charge on any atom is -0.378 e. The van der Waals surface area contributed by atoms with Crippen molar-refractivity contribution in [2.24, 2.45) is 0 Å². The highest BCUT2D eigenvalue weighted by atomic mass is 79.9. The molecule has 1 N–H and O–H groups in total. The smallest absolute Gasteiger partial charge is 0.257 e. The lowest BCUT2D eigenvalue weighted by atomic mass is 10.1. The molecule has 2 amide bonds. The van der Waals surface area contributed by atoms with Crippen molar-refractivity contribution in [3.05, 3.63) is 58.3 Å². The Morgan fingerprint density at radius 2 is 1.79 bits per heavy atom. The number of morpholine rings is 1. The van der Waals surface area contributed by atoms with Crippen LogP contribution in [0.5, 0.6) is 0 Å². The Labute approximate surface area is 148 Å². The van der Waals surface area contributed by atoms with Crippen molar-refractivity contribution in [2.45, 2.75) is 0 Å². The Kier molecular flexibility index (Phi) is 5.22. The number of amides is 2. The second kappa shape index (κ2) is 7.55. The van der Waals surface area contributed by atoms with Gasteiger partial charge in [0, 0.05) is 41.2 Å². The number of anilines is 1. The molecule has 1 aromatic heterocycles. The Hall–Kier alpha value is -2.25. The topological polar surface area (TPSA) is 71.5 Å². The van der Waals surface area contributed by atoms with Gasteiger partial charge in [-0.15, -0.1) is 0 Å². The molecule has 0 radical (unpaired) electrons. The summed E-state index contributed by atoms with van der Waals surface area (Å²) in [7, 11) is 0. The molecule has 0 bridgehead atoms. The first-order chi connectivity index (χ1) is 11.6. The summed E-state index contributed by atoms with van der Waals surface area (Å²) in [5.74, 6) is -0.275. The number of hydrogen-bond donors (Lipinski definition) is 1. The summed E-state index contributed by atoms with van der Waals surface area (Å²) in [5, 5.41) is 2.79. The van der Waals surface area contributed by atoms with Crippen molar-refractivity contribution >= 4 is 33.4 Å². The first-order valence-electron chi connectivity index (χ1n) is 7.52. The fourth-order valence-electron chi connectivity index (χ4n) is 2.38. The molecule has 124 valence electrons. The third kappa shape index (κ3) is 3.98. The van der Waals surface area contributed by atoms with E-state index in [2.05, 4.69) is 26.2 Å². The lowest BCUT2D eigenvalue weighted by Crippen LogP contribution is -2.40. The van der Waals surface area contributed by atoms with E-state index in [-0.39, 0.29) is 11.8 Å². The molecule has 2 heterocycles. The van der Waals surface area contributed by atoms with E-state index in [9.17, 15) is 9.59 Å². The van der Waals surface area contributed by atoms with Gasteiger partial charge in [-0.3, -0.25) is 14.6 Å². The first kappa shape index (κ1) is 16.6. The number of benzene rings is 1. The summed E-state index contributed by atoms with van der Waals surface area (Å²) in [5.41, 5.74) is 1.68. The predicted octanol–water partition coefficient (Wildman–Crippen LogP) is 2.57. The minimum absolute atomic E-state index is 0.0210. The molecule has 3 rings (SSSR count). The third-order valence-electron chi connectivity index (χ3n) is 3.66. The summed E-state index contributed by atoms with van der Waals surface area (Å²) in [6.45, 7) is 2.35. The molecule has 24 heavy (non-hydrogen) atoms. The zero-order valence-electron chi connectivity index (χ0n) is 12.9. The van der Waals surface area contributed by atoms with Gasteiger partial charge in [0.05, 0.1) is 18.8 Å². The van der Waals surface area contributed by atoms with E-state index in [0.717, 1.165) is 4.47 Å². The molecule has 0 saturated carbocycles. The molecule has 6 nitrogen and oxygen atoms in total. The summed E-state index contributed by atoms with van der Waals surface area (Å²) < 4.78 is 5.99. The van der Waals surface area contributed by atoms with Crippen molar-refractivity contribution in [1.82, 2.24) is 9.88 Å². The Balaban J connectivity index is 1.66. The molecule has 7 heteroatoms. The van der Waals surface area contributed by atoms with Gasteiger partial charge in [-0.25, -0.2) is 0 Å². The van der Waals surface area contributed by atoms with Crippen molar-refractivity contribution in [1.29, 1.82) is 0 Å². The number of hydrogen-bond acceptors (Lipinski definition) is 4. The second-order valence-electron chi connectivity index (χ2n) is 5.33. The molecule has 0 atom stereocenters. The molecule has 1 aliphatic heterocycles. The van der Waals surface area contributed by atoms with Gasteiger partial charge in [0.15, 0.2) is 0 Å². The van der Waals surface area contributed by atoms with Crippen LogP contribution in [0.3, 0.4) is 0 Å². The van der Waals surface area contributed by atoms with Gasteiger partial charge in [-0.2, -0.15) is 0 Å². The predicted molar refractivity (Wildman–Crippen MR) is 93.1 cm³/mol. The van der Waals surface area contributed by atoms with Crippen LogP contribution in [0.25, 0.3) is 0 Å². The van der Waals surface area contributed by atoms with Gasteiger partial charge in [0.1, 0.15) is 0 Å². The van der Waals surface area contributed by atoms with Crippen LogP contribution in [0.15, 0.2) is 47.2 Å². The van der Waals surface area contributed by atoms with Gasteiger partial charge in [0.2, 0.25) is 0 Å². The van der Waals surface area contributed by atoms with Crippen LogP contribution >= 0.6 is 15.9 Å². The number of aromatic nitrogens is 1. The van der Waals surface area contributed by atoms with Crippen molar-refractivity contribution in [3.63, 3.8) is 0 Å². The SMILES string of the molecule is O=C(Nc1ccc(C(=O)N2CCOCC2)cc1)c1cncc(Br)c1. The average molecular weight is 390 g/mol. The van der Waals surface area contributed by atoms with Gasteiger partial charge in [-0.05, 0) is 46.3 Å². The molecule has 2 aromatic rings. The number of pyridine rings is 1. The van der Waals surface area contributed by atoms with Gasteiger partial charge < -0.3 is 15.0 Å². The zero-order valence-corrected chi connectivity index (χ0v) is 14.5. The van der Waals surface area contributed by atoms with Gasteiger partial charge in [-0.1, -0.05) is 0 Å². The second-order valence-corrected chi connectivity index (χ2v) is 6.24. The van der Waals surface area contributed by atoms with Crippen LogP contribution in [0.4, 0.5) is 5.69 Å². The molecule has 1 fully saturated rings. The average Bonchev–Trinajstić information content (AvgIpc) is 2.62. The van der Waals surface area contributed by atoms with Crippen molar-refractivity contribution < 1.29 is 14.3 Å². The van der Waals surface area contributed by atoms with Crippen LogP contribution in [-0.4, -0.2) is 48.0 Å². The number of ether oxygens (including phenoxy) is 1. The van der Waals surface area contributed by atoms with Gasteiger partial charge >= 0.3 is 0 Å². The fraction of sp³-hybridized carbons (Fsp3) is 0.235. The highest BCUT2D eigenvalue weighted by Crippen LogP contribution is 2.15. The number of halogens is 1. The molecule has 1 aliphatic rings. The normalized spacial score (nSPS) is 14.3. The van der Waals surface area contributed by atoms with Crippen molar-refractivity contribution in [2.75, 3.05) is 31.6 Å². The van der Waals surface area contributed by atoms with E-state index in [1.807, 2.05) is 0 Å². The summed E-state index contributed by atoms with van der Waals surface area (Å²) in [6.07, 6.45) is 3.11. The zero-order chi connectivity index (χ0) is 16.9. The van der Waals surface area contributed by atoms with E-state index < -0.39 is 0 Å². The van der Waals surface area contributed by atoms with Crippen molar-refractivity contribution in [3.8, 4) is 0 Å². The standard InChI is InChI=1S/C17H16BrN3O3/c18-14-9-13(10-19-11-14)16(22)20-15-3-1-12(2-4-15)17(23)21-5-7-24-8-6-21/h1-4,9-11H,5-8H2,(H,20,22).